The number of carbonyl (C=O) groups is 2. The van der Waals surface area contributed by atoms with E-state index in [0.717, 1.165) is 97.2 Å². The second-order valence-corrected chi connectivity index (χ2v) is 13.1. The predicted octanol–water partition coefficient (Wildman–Crippen LogP) is 3.93. The maximum atomic E-state index is 12.4. The summed E-state index contributed by atoms with van der Waals surface area (Å²) in [5.74, 6) is 0.681. The fourth-order valence-corrected chi connectivity index (χ4v) is 6.88. The Kier molecular flexibility index (Phi) is 10.2. The molecule has 13 heteroatoms. The van der Waals surface area contributed by atoms with Crippen LogP contribution in [0.4, 0.5) is 5.95 Å². The van der Waals surface area contributed by atoms with Gasteiger partial charge in [0.15, 0.2) is 6.29 Å². The van der Waals surface area contributed by atoms with Crippen molar-refractivity contribution in [3.63, 3.8) is 0 Å². The van der Waals surface area contributed by atoms with Gasteiger partial charge in [-0.1, -0.05) is 18.2 Å². The Balaban J connectivity index is 1.01. The number of aldehydes is 1. The van der Waals surface area contributed by atoms with E-state index in [-0.39, 0.29) is 18.1 Å². The molecule has 7 rings (SSSR count). The van der Waals surface area contributed by atoms with E-state index in [2.05, 4.69) is 32.1 Å². The molecule has 13 nitrogen and oxygen atoms in total. The van der Waals surface area contributed by atoms with Gasteiger partial charge in [-0.25, -0.2) is 9.97 Å². The normalized spacial score (nSPS) is 19.7. The molecule has 0 bridgehead atoms. The van der Waals surface area contributed by atoms with Crippen LogP contribution in [-0.4, -0.2) is 106 Å². The van der Waals surface area contributed by atoms with Gasteiger partial charge in [0.2, 0.25) is 11.9 Å². The van der Waals surface area contributed by atoms with E-state index in [0.29, 0.717) is 49.9 Å². The zero-order chi connectivity index (χ0) is 34.5. The number of nitrogens with zero attached hydrogens (tertiary/aromatic N) is 8. The Morgan fingerprint density at radius 3 is 2.62 bits per heavy atom. The molecule has 0 unspecified atom stereocenters. The number of hydrogen-bond acceptors (Lipinski definition) is 11. The van der Waals surface area contributed by atoms with Crippen molar-refractivity contribution in [2.75, 3.05) is 50.9 Å². The Morgan fingerprint density at radius 2 is 1.86 bits per heavy atom. The molecule has 0 atom stereocenters. The summed E-state index contributed by atoms with van der Waals surface area (Å²) in [4.78, 5) is 45.8. The van der Waals surface area contributed by atoms with Gasteiger partial charge in [0, 0.05) is 111 Å². The van der Waals surface area contributed by atoms with Crippen molar-refractivity contribution in [1.82, 2.24) is 29.6 Å². The lowest BCUT2D eigenvalue weighted by atomic mass is 9.93. The summed E-state index contributed by atoms with van der Waals surface area (Å²) in [6, 6.07) is 8.38. The van der Waals surface area contributed by atoms with Crippen LogP contribution in [0.15, 0.2) is 65.8 Å². The number of hydrogen-bond donors (Lipinski definition) is 1. The number of anilines is 1. The second-order valence-electron chi connectivity index (χ2n) is 13.1. The first-order valence-electron chi connectivity index (χ1n) is 17.4. The topological polar surface area (TPSA) is 154 Å². The molecular formula is C37H43N9O4. The van der Waals surface area contributed by atoms with E-state index in [1.807, 2.05) is 40.3 Å². The summed E-state index contributed by atoms with van der Waals surface area (Å²) in [6.07, 6.45) is 14.0. The average Bonchev–Trinajstić information content (AvgIpc) is 3.64. The number of pyridine rings is 1. The molecular weight excluding hydrogens is 634 g/mol. The number of carbonyl (C=O) groups excluding carboxylic acids is 2. The Labute approximate surface area is 291 Å². The number of aliphatic imine (C=N–C) groups is 1. The van der Waals surface area contributed by atoms with Crippen molar-refractivity contribution in [2.24, 2.45) is 10.7 Å². The van der Waals surface area contributed by atoms with E-state index in [4.69, 9.17) is 25.2 Å². The highest BCUT2D eigenvalue weighted by molar-refractivity contribution is 6.10. The van der Waals surface area contributed by atoms with Crippen LogP contribution in [0.25, 0.3) is 27.7 Å². The summed E-state index contributed by atoms with van der Waals surface area (Å²) >= 11 is 0. The molecule has 3 saturated heterocycles. The summed E-state index contributed by atoms with van der Waals surface area (Å²) < 4.78 is 13.6. The first-order valence-corrected chi connectivity index (χ1v) is 17.4. The van der Waals surface area contributed by atoms with Crippen molar-refractivity contribution >= 4 is 40.3 Å². The van der Waals surface area contributed by atoms with Gasteiger partial charge in [-0.2, -0.15) is 5.10 Å². The summed E-state index contributed by atoms with van der Waals surface area (Å²) in [6.45, 7) is 6.92. The quantitative estimate of drug-likeness (QED) is 0.258. The molecule has 3 aliphatic heterocycles. The molecule has 1 aromatic carbocycles. The minimum absolute atomic E-state index is 0.0352. The third-order valence-electron chi connectivity index (χ3n) is 9.79. The first-order chi connectivity index (χ1) is 24.4. The minimum Gasteiger partial charge on any atom is -0.398 e. The number of aromatic nitrogens is 5. The maximum Gasteiger partial charge on any atom is 0.225 e. The highest BCUT2D eigenvalue weighted by Gasteiger charge is 2.27. The molecule has 3 aliphatic rings. The third kappa shape index (κ3) is 7.58. The Bertz CT molecular complexity index is 1890. The Morgan fingerprint density at radius 1 is 1.06 bits per heavy atom. The molecule has 2 N–H and O–H groups in total. The van der Waals surface area contributed by atoms with E-state index in [1.54, 1.807) is 19.3 Å². The predicted molar refractivity (Wildman–Crippen MR) is 191 cm³/mol. The number of fused-ring (bicyclic) bond motifs is 1. The van der Waals surface area contributed by atoms with Crippen LogP contribution in [0.1, 0.15) is 54.9 Å². The van der Waals surface area contributed by atoms with Gasteiger partial charge < -0.3 is 25.0 Å². The highest BCUT2D eigenvalue weighted by atomic mass is 16.5. The molecule has 0 spiro atoms. The van der Waals surface area contributed by atoms with Gasteiger partial charge in [-0.05, 0) is 37.1 Å². The van der Waals surface area contributed by atoms with Crippen molar-refractivity contribution in [1.29, 1.82) is 0 Å². The smallest absolute Gasteiger partial charge is 0.225 e. The van der Waals surface area contributed by atoms with E-state index in [1.165, 1.54) is 0 Å². The van der Waals surface area contributed by atoms with E-state index in [9.17, 15) is 9.59 Å². The number of ether oxygens (including phenoxy) is 2. The van der Waals surface area contributed by atoms with Crippen LogP contribution in [0.3, 0.4) is 0 Å². The van der Waals surface area contributed by atoms with Gasteiger partial charge in [0.1, 0.15) is 0 Å². The van der Waals surface area contributed by atoms with E-state index >= 15 is 0 Å². The van der Waals surface area contributed by atoms with Crippen molar-refractivity contribution in [3.05, 3.63) is 71.9 Å². The fraction of sp³-hybridized carbons (Fsp3) is 0.432. The van der Waals surface area contributed by atoms with Crippen LogP contribution in [0.5, 0.6) is 0 Å². The number of rotatable bonds is 9. The number of piperidine rings is 2. The fourth-order valence-electron chi connectivity index (χ4n) is 6.88. The zero-order valence-corrected chi connectivity index (χ0v) is 28.4. The maximum absolute atomic E-state index is 12.4. The largest absolute Gasteiger partial charge is 0.398 e. The highest BCUT2D eigenvalue weighted by Crippen LogP contribution is 2.30. The molecule has 1 amide bonds. The minimum atomic E-state index is 0.0352. The molecule has 0 radical (unpaired) electrons. The molecule has 0 saturated carbocycles. The number of amides is 1. The number of nitrogens with two attached hydrogens (primary N) is 1. The number of likely N-dealkylation sites (tertiary alicyclic amines) is 1. The number of benzene rings is 1. The van der Waals surface area contributed by atoms with Crippen molar-refractivity contribution < 1.29 is 19.1 Å². The molecule has 50 heavy (non-hydrogen) atoms. The van der Waals surface area contributed by atoms with Crippen LogP contribution in [-0.2, 0) is 20.8 Å². The summed E-state index contributed by atoms with van der Waals surface area (Å²) in [5, 5.41) is 6.54. The standard InChI is InChI=1S/C37H43N9O4/c1-25(48)45-12-7-34(43-29-8-14-49-15-9-29)33(23-45)36(38)31-4-2-3-27-17-35(39-21-32(27)31)28-20-42-46(22-28)13-16-50-30-5-10-44(11-6-30)37-40-18-26(24-47)19-41-37/h2-4,17-22,24,29-30H,5-16,23,38H2,1H3/b36-33-,43-34?. The molecule has 260 valence electrons. The van der Waals surface area contributed by atoms with Crippen LogP contribution in [0.2, 0.25) is 0 Å². The van der Waals surface area contributed by atoms with E-state index < -0.39 is 0 Å². The van der Waals surface area contributed by atoms with Gasteiger partial charge in [0.25, 0.3) is 0 Å². The SMILES string of the molecule is CC(=O)N1CCC(=NC2CCOCC2)/C(=C(\N)c2cccc3cc(-c4cnn(CCOC5CCN(c6ncc(C=O)cn6)CC5)c4)ncc23)C1. The summed E-state index contributed by atoms with van der Waals surface area (Å²) in [7, 11) is 0. The molecule has 3 aromatic heterocycles. The lowest BCUT2D eigenvalue weighted by molar-refractivity contribution is -0.128. The lowest BCUT2D eigenvalue weighted by Gasteiger charge is -2.31. The van der Waals surface area contributed by atoms with Gasteiger partial charge in [-0.3, -0.25) is 24.2 Å². The van der Waals surface area contributed by atoms with Crippen molar-refractivity contribution in [3.8, 4) is 11.3 Å². The van der Waals surface area contributed by atoms with Crippen LogP contribution >= 0.6 is 0 Å². The van der Waals surface area contributed by atoms with Gasteiger partial charge in [-0.15, -0.1) is 0 Å². The first kappa shape index (κ1) is 33.5. The molecule has 3 fully saturated rings. The molecule has 6 heterocycles. The summed E-state index contributed by atoms with van der Waals surface area (Å²) in [5.41, 5.74) is 12.6. The average molecular weight is 678 g/mol. The lowest BCUT2D eigenvalue weighted by Crippen LogP contribution is -2.40. The third-order valence-corrected chi connectivity index (χ3v) is 9.79. The zero-order valence-electron chi connectivity index (χ0n) is 28.4. The molecule has 4 aromatic rings. The van der Waals surface area contributed by atoms with Crippen LogP contribution < -0.4 is 10.6 Å². The second kappa shape index (κ2) is 15.3. The monoisotopic (exact) mass is 677 g/mol. The van der Waals surface area contributed by atoms with Crippen LogP contribution in [0, 0.1) is 0 Å². The van der Waals surface area contributed by atoms with Gasteiger partial charge >= 0.3 is 0 Å². The van der Waals surface area contributed by atoms with Crippen molar-refractivity contribution in [2.45, 2.75) is 57.7 Å². The molecule has 0 aliphatic carbocycles. The Hall–Kier alpha value is -5.01. The van der Waals surface area contributed by atoms with Gasteiger partial charge in [0.05, 0.1) is 42.8 Å².